The lowest BCUT2D eigenvalue weighted by Gasteiger charge is -2.21. The fourth-order valence-electron chi connectivity index (χ4n) is 4.58. The zero-order chi connectivity index (χ0) is 25.6. The van der Waals surface area contributed by atoms with Crippen LogP contribution in [-0.4, -0.2) is 22.4 Å². The second-order valence-corrected chi connectivity index (χ2v) is 9.42. The molecule has 0 spiro atoms. The summed E-state index contributed by atoms with van der Waals surface area (Å²) in [5.74, 6) is 1.13. The second kappa shape index (κ2) is 9.24. The molecular formula is C28H26ClN3O4. The third-order valence-corrected chi connectivity index (χ3v) is 6.61. The first kappa shape index (κ1) is 23.8. The Labute approximate surface area is 213 Å². The molecule has 1 amide bonds. The van der Waals surface area contributed by atoms with Crippen LogP contribution in [0.4, 0.5) is 5.69 Å². The summed E-state index contributed by atoms with van der Waals surface area (Å²) in [6, 6.07) is 16.7. The summed E-state index contributed by atoms with van der Waals surface area (Å²) in [6.07, 6.45) is 0.369. The summed E-state index contributed by atoms with van der Waals surface area (Å²) >= 11 is 6.14. The van der Waals surface area contributed by atoms with Crippen LogP contribution in [0.1, 0.15) is 27.8 Å². The normalized spacial score (nSPS) is 11.9. The van der Waals surface area contributed by atoms with Crippen LogP contribution >= 0.6 is 11.6 Å². The zero-order valence-electron chi connectivity index (χ0n) is 20.5. The van der Waals surface area contributed by atoms with Gasteiger partial charge in [0.25, 0.3) is 5.56 Å². The largest absolute Gasteiger partial charge is 0.493 e. The fraction of sp³-hybridized carbons (Fsp3) is 0.214. The monoisotopic (exact) mass is 503 g/mol. The summed E-state index contributed by atoms with van der Waals surface area (Å²) < 4.78 is 14.9. The van der Waals surface area contributed by atoms with Crippen molar-refractivity contribution in [3.05, 3.63) is 97.8 Å². The number of hydrogen-bond acceptors (Lipinski definition) is 4. The molecule has 184 valence electrons. The zero-order valence-corrected chi connectivity index (χ0v) is 21.3. The highest BCUT2D eigenvalue weighted by Gasteiger charge is 2.31. The van der Waals surface area contributed by atoms with Gasteiger partial charge < -0.3 is 14.8 Å². The molecule has 0 radical (unpaired) electrons. The third-order valence-electron chi connectivity index (χ3n) is 6.38. The number of para-hydroxylation sites is 1. The Morgan fingerprint density at radius 1 is 1.08 bits per heavy atom. The van der Waals surface area contributed by atoms with Crippen molar-refractivity contribution in [3.63, 3.8) is 0 Å². The molecule has 4 aromatic rings. The number of aromatic nitrogens is 2. The summed E-state index contributed by atoms with van der Waals surface area (Å²) in [7, 11) is 1.57. The SMILES string of the molecule is COc1cccc2c1Oc1c(c(=O)n(-c3ccc(C)cc3C)n1CC(=O)Nc1cc(Cl)ccc1C)C2. The topological polar surface area (TPSA) is 74.5 Å². The number of nitrogens with zero attached hydrogens (tertiary/aromatic N) is 2. The number of methoxy groups -OCH3 is 1. The summed E-state index contributed by atoms with van der Waals surface area (Å²) in [5, 5.41) is 3.44. The van der Waals surface area contributed by atoms with Gasteiger partial charge in [-0.15, -0.1) is 0 Å². The first-order chi connectivity index (χ1) is 17.3. The van der Waals surface area contributed by atoms with E-state index >= 15 is 0 Å². The van der Waals surface area contributed by atoms with Crippen LogP contribution in [0.3, 0.4) is 0 Å². The minimum atomic E-state index is -0.314. The van der Waals surface area contributed by atoms with Crippen LogP contribution in [0, 0.1) is 20.8 Å². The Morgan fingerprint density at radius 2 is 1.89 bits per heavy atom. The van der Waals surface area contributed by atoms with Crippen LogP contribution in [0.5, 0.6) is 17.4 Å². The molecule has 1 N–H and O–H groups in total. The van der Waals surface area contributed by atoms with E-state index in [2.05, 4.69) is 5.32 Å². The minimum Gasteiger partial charge on any atom is -0.493 e. The van der Waals surface area contributed by atoms with Gasteiger partial charge in [0.1, 0.15) is 6.54 Å². The number of aryl methyl sites for hydroxylation is 3. The van der Waals surface area contributed by atoms with E-state index in [0.717, 1.165) is 22.3 Å². The molecule has 0 atom stereocenters. The Balaban J connectivity index is 1.63. The number of carbonyl (C=O) groups excluding carboxylic acids is 1. The molecule has 3 aromatic carbocycles. The van der Waals surface area contributed by atoms with Crippen molar-refractivity contribution in [2.24, 2.45) is 0 Å². The standard InChI is InChI=1S/C28H26ClN3O4/c1-16-8-11-23(18(3)12-16)32-27(34)21-13-19-6-5-7-24(35-4)26(19)36-28(21)31(32)15-25(33)30-22-14-20(29)10-9-17(22)2/h5-12,14H,13,15H2,1-4H3,(H,30,33). The van der Waals surface area contributed by atoms with Gasteiger partial charge in [0.2, 0.25) is 11.8 Å². The molecule has 1 aromatic heterocycles. The van der Waals surface area contributed by atoms with Gasteiger partial charge in [-0.25, -0.2) is 9.36 Å². The number of amides is 1. The highest BCUT2D eigenvalue weighted by molar-refractivity contribution is 6.31. The average molecular weight is 504 g/mol. The summed E-state index contributed by atoms with van der Waals surface area (Å²) in [6.45, 7) is 5.69. The molecule has 0 saturated carbocycles. The third kappa shape index (κ3) is 4.16. The van der Waals surface area contributed by atoms with Crippen molar-refractivity contribution < 1.29 is 14.3 Å². The Bertz CT molecular complexity index is 1570. The fourth-order valence-corrected chi connectivity index (χ4v) is 4.76. The van der Waals surface area contributed by atoms with E-state index in [0.29, 0.717) is 45.8 Å². The van der Waals surface area contributed by atoms with Crippen molar-refractivity contribution in [3.8, 4) is 23.1 Å². The molecule has 0 saturated heterocycles. The summed E-state index contributed by atoms with van der Waals surface area (Å²) in [4.78, 5) is 27.0. The lowest BCUT2D eigenvalue weighted by Crippen LogP contribution is -2.28. The van der Waals surface area contributed by atoms with Gasteiger partial charge in [0, 0.05) is 22.7 Å². The maximum Gasteiger partial charge on any atom is 0.278 e. The number of anilines is 1. The molecule has 0 bridgehead atoms. The predicted octanol–water partition coefficient (Wildman–Crippen LogP) is 5.56. The lowest BCUT2D eigenvalue weighted by atomic mass is 10.0. The lowest BCUT2D eigenvalue weighted by molar-refractivity contribution is -0.117. The average Bonchev–Trinajstić information content (AvgIpc) is 3.10. The van der Waals surface area contributed by atoms with E-state index < -0.39 is 0 Å². The van der Waals surface area contributed by atoms with Crippen LogP contribution in [-0.2, 0) is 17.8 Å². The molecule has 7 nitrogen and oxygen atoms in total. The van der Waals surface area contributed by atoms with E-state index in [-0.39, 0.29) is 18.0 Å². The maximum absolute atomic E-state index is 13.8. The molecule has 1 aliphatic rings. The van der Waals surface area contributed by atoms with Crippen LogP contribution < -0.4 is 20.3 Å². The number of halogens is 1. The molecule has 0 aliphatic carbocycles. The predicted molar refractivity (Wildman–Crippen MR) is 140 cm³/mol. The number of rotatable bonds is 5. The van der Waals surface area contributed by atoms with E-state index in [9.17, 15) is 9.59 Å². The molecule has 5 rings (SSSR count). The van der Waals surface area contributed by atoms with Gasteiger partial charge >= 0.3 is 0 Å². The first-order valence-electron chi connectivity index (χ1n) is 11.6. The molecule has 2 heterocycles. The van der Waals surface area contributed by atoms with Crippen LogP contribution in [0.2, 0.25) is 5.02 Å². The Hall–Kier alpha value is -3.97. The highest BCUT2D eigenvalue weighted by Crippen LogP contribution is 2.42. The van der Waals surface area contributed by atoms with E-state index in [4.69, 9.17) is 21.1 Å². The van der Waals surface area contributed by atoms with E-state index in [1.54, 1.807) is 23.9 Å². The summed E-state index contributed by atoms with van der Waals surface area (Å²) in [5.41, 5.74) is 5.28. The van der Waals surface area contributed by atoms with Crippen molar-refractivity contribution >= 4 is 23.2 Å². The van der Waals surface area contributed by atoms with Crippen molar-refractivity contribution in [1.82, 2.24) is 9.36 Å². The van der Waals surface area contributed by atoms with Crippen molar-refractivity contribution in [1.29, 1.82) is 0 Å². The van der Waals surface area contributed by atoms with E-state index in [1.165, 1.54) is 4.68 Å². The van der Waals surface area contributed by atoms with Crippen molar-refractivity contribution in [2.45, 2.75) is 33.7 Å². The minimum absolute atomic E-state index is 0.145. The number of carbonyl (C=O) groups is 1. The molecule has 1 aliphatic heterocycles. The molecule has 8 heteroatoms. The second-order valence-electron chi connectivity index (χ2n) is 8.98. The van der Waals surface area contributed by atoms with E-state index in [1.807, 2.05) is 63.2 Å². The van der Waals surface area contributed by atoms with Gasteiger partial charge in [0.05, 0.1) is 18.4 Å². The molecular weight excluding hydrogens is 478 g/mol. The van der Waals surface area contributed by atoms with Gasteiger partial charge in [-0.3, -0.25) is 9.59 Å². The van der Waals surface area contributed by atoms with Crippen LogP contribution in [0.15, 0.2) is 59.4 Å². The smallest absolute Gasteiger partial charge is 0.278 e. The molecule has 36 heavy (non-hydrogen) atoms. The number of benzene rings is 3. The molecule has 0 fully saturated rings. The van der Waals surface area contributed by atoms with Gasteiger partial charge in [-0.1, -0.05) is 47.5 Å². The number of ether oxygens (including phenoxy) is 2. The number of fused-ring (bicyclic) bond motifs is 2. The number of hydrogen-bond donors (Lipinski definition) is 1. The number of nitrogens with one attached hydrogen (secondary N) is 1. The molecule has 0 unspecified atom stereocenters. The Morgan fingerprint density at radius 3 is 2.64 bits per heavy atom. The van der Waals surface area contributed by atoms with Gasteiger partial charge in [-0.05, 0) is 56.2 Å². The van der Waals surface area contributed by atoms with Gasteiger partial charge in [-0.2, -0.15) is 0 Å². The quantitative estimate of drug-likeness (QED) is 0.340. The van der Waals surface area contributed by atoms with Crippen LogP contribution in [0.25, 0.3) is 5.69 Å². The first-order valence-corrected chi connectivity index (χ1v) is 12.0. The maximum atomic E-state index is 13.8. The van der Waals surface area contributed by atoms with Crippen molar-refractivity contribution in [2.75, 3.05) is 12.4 Å². The Kier molecular flexibility index (Phi) is 6.10. The van der Waals surface area contributed by atoms with Gasteiger partial charge in [0.15, 0.2) is 11.5 Å². The highest BCUT2D eigenvalue weighted by atomic mass is 35.5.